The Balaban J connectivity index is 1.40. The van der Waals surface area contributed by atoms with Crippen LogP contribution in [0.25, 0.3) is 21.1 Å². The van der Waals surface area contributed by atoms with Crippen molar-refractivity contribution in [3.05, 3.63) is 65.9 Å². The Morgan fingerprint density at radius 3 is 2.65 bits per heavy atom. The molecule has 0 spiro atoms. The highest BCUT2D eigenvalue weighted by Crippen LogP contribution is 2.26. The van der Waals surface area contributed by atoms with Crippen molar-refractivity contribution in [2.75, 3.05) is 5.32 Å². The molecule has 1 N–H and O–H groups in total. The van der Waals surface area contributed by atoms with Crippen molar-refractivity contribution in [2.24, 2.45) is 0 Å². The molecule has 0 fully saturated rings. The molecule has 0 saturated carbocycles. The quantitative estimate of drug-likeness (QED) is 0.569. The summed E-state index contributed by atoms with van der Waals surface area (Å²) in [4.78, 5) is 20.8. The van der Waals surface area contributed by atoms with Crippen molar-refractivity contribution in [1.29, 1.82) is 0 Å². The second kappa shape index (κ2) is 7.51. The molecule has 0 radical (unpaired) electrons. The van der Waals surface area contributed by atoms with Crippen LogP contribution in [0.5, 0.6) is 0 Å². The van der Waals surface area contributed by atoms with Crippen LogP contribution >= 0.6 is 22.7 Å². The van der Waals surface area contributed by atoms with Crippen molar-refractivity contribution >= 4 is 33.7 Å². The van der Waals surface area contributed by atoms with Gasteiger partial charge in [0.15, 0.2) is 0 Å². The highest BCUT2D eigenvalue weighted by atomic mass is 32.1. The highest BCUT2D eigenvalue weighted by molar-refractivity contribution is 7.18. The summed E-state index contributed by atoms with van der Waals surface area (Å²) in [7, 11) is 0. The Labute approximate surface area is 157 Å². The maximum atomic E-state index is 12.3. The molecule has 0 aliphatic heterocycles. The van der Waals surface area contributed by atoms with Gasteiger partial charge in [-0.05, 0) is 12.1 Å². The van der Waals surface area contributed by atoms with Gasteiger partial charge in [0.25, 0.3) is 0 Å². The number of rotatable bonds is 5. The third kappa shape index (κ3) is 3.81. The van der Waals surface area contributed by atoms with Crippen LogP contribution in [0, 0.1) is 0 Å². The summed E-state index contributed by atoms with van der Waals surface area (Å²) in [6.07, 6.45) is 3.67. The number of nitrogens with one attached hydrogen (secondary N) is 1. The van der Waals surface area contributed by atoms with Crippen molar-refractivity contribution in [2.45, 2.75) is 6.42 Å². The van der Waals surface area contributed by atoms with Crippen molar-refractivity contribution in [1.82, 2.24) is 20.2 Å². The summed E-state index contributed by atoms with van der Waals surface area (Å²) in [5.74, 6) is -0.163. The number of aromatic nitrogens is 4. The van der Waals surface area contributed by atoms with Crippen LogP contribution in [0.4, 0.5) is 5.13 Å². The normalized spacial score (nSPS) is 10.6. The van der Waals surface area contributed by atoms with Crippen LogP contribution in [0.15, 0.2) is 60.2 Å². The number of carbonyl (C=O) groups is 1. The van der Waals surface area contributed by atoms with E-state index in [4.69, 9.17) is 0 Å². The van der Waals surface area contributed by atoms with Gasteiger partial charge < -0.3 is 5.32 Å². The summed E-state index contributed by atoms with van der Waals surface area (Å²) in [5.41, 5.74) is 2.64. The SMILES string of the molecule is O=C(Cc1csc(-c2cccnc2)n1)Nc1nnc(-c2ccccc2)s1. The molecule has 4 aromatic rings. The van der Waals surface area contributed by atoms with E-state index < -0.39 is 0 Å². The number of hydrogen-bond acceptors (Lipinski definition) is 7. The Morgan fingerprint density at radius 2 is 1.85 bits per heavy atom. The Morgan fingerprint density at radius 1 is 1.00 bits per heavy atom. The van der Waals surface area contributed by atoms with E-state index in [1.54, 1.807) is 12.4 Å². The molecule has 0 aliphatic carbocycles. The Kier molecular flexibility index (Phi) is 4.76. The van der Waals surface area contributed by atoms with Crippen LogP contribution in [-0.4, -0.2) is 26.1 Å². The molecular weight excluding hydrogens is 366 g/mol. The first-order valence-corrected chi connectivity index (χ1v) is 9.51. The summed E-state index contributed by atoms with van der Waals surface area (Å²) in [6, 6.07) is 13.6. The molecular formula is C18H13N5OS2. The van der Waals surface area contributed by atoms with Crippen LogP contribution in [-0.2, 0) is 11.2 Å². The zero-order valence-corrected chi connectivity index (χ0v) is 15.1. The average molecular weight is 379 g/mol. The lowest BCUT2D eigenvalue weighted by atomic mass is 10.2. The number of nitrogens with zero attached hydrogens (tertiary/aromatic N) is 4. The standard InChI is InChI=1S/C18H13N5OS2/c24-15(9-14-11-25-16(20-14)13-7-4-8-19-10-13)21-18-23-22-17(26-18)12-5-2-1-3-6-12/h1-8,10-11H,9H2,(H,21,23,24). The molecule has 0 bridgehead atoms. The molecule has 1 aromatic carbocycles. The number of amides is 1. The Hall–Kier alpha value is -2.97. The monoisotopic (exact) mass is 379 g/mol. The second-order valence-electron chi connectivity index (χ2n) is 5.39. The number of hydrogen-bond donors (Lipinski definition) is 1. The van der Waals surface area contributed by atoms with Gasteiger partial charge in [-0.15, -0.1) is 21.5 Å². The van der Waals surface area contributed by atoms with E-state index >= 15 is 0 Å². The van der Waals surface area contributed by atoms with Gasteiger partial charge in [-0.2, -0.15) is 0 Å². The van der Waals surface area contributed by atoms with Gasteiger partial charge in [-0.25, -0.2) is 4.98 Å². The second-order valence-corrected chi connectivity index (χ2v) is 7.22. The third-order valence-electron chi connectivity index (χ3n) is 3.49. The van der Waals surface area contributed by atoms with Crippen molar-refractivity contribution < 1.29 is 4.79 Å². The summed E-state index contributed by atoms with van der Waals surface area (Å²) < 4.78 is 0. The molecule has 4 rings (SSSR count). The zero-order chi connectivity index (χ0) is 17.8. The molecule has 128 valence electrons. The molecule has 3 heterocycles. The van der Waals surface area contributed by atoms with E-state index in [9.17, 15) is 4.79 Å². The van der Waals surface area contributed by atoms with Gasteiger partial charge >= 0.3 is 0 Å². The van der Waals surface area contributed by atoms with Crippen molar-refractivity contribution in [3.63, 3.8) is 0 Å². The molecule has 0 saturated heterocycles. The molecule has 6 nitrogen and oxygen atoms in total. The summed E-state index contributed by atoms with van der Waals surface area (Å²) >= 11 is 2.84. The smallest absolute Gasteiger partial charge is 0.232 e. The van der Waals surface area contributed by atoms with Gasteiger partial charge in [-0.1, -0.05) is 41.7 Å². The lowest BCUT2D eigenvalue weighted by Gasteiger charge is -1.98. The topological polar surface area (TPSA) is 80.7 Å². The number of carbonyl (C=O) groups excluding carboxylic acids is 1. The number of pyridine rings is 1. The molecule has 0 unspecified atom stereocenters. The predicted molar refractivity (Wildman–Crippen MR) is 103 cm³/mol. The fourth-order valence-corrected chi connectivity index (χ4v) is 3.88. The number of thiazole rings is 1. The van der Waals surface area contributed by atoms with E-state index in [2.05, 4.69) is 25.5 Å². The van der Waals surface area contributed by atoms with Crippen LogP contribution < -0.4 is 5.32 Å². The molecule has 1 amide bonds. The first kappa shape index (κ1) is 16.5. The van der Waals surface area contributed by atoms with E-state index in [1.807, 2.05) is 47.8 Å². The summed E-state index contributed by atoms with van der Waals surface area (Å²) in [5, 5.41) is 14.9. The van der Waals surface area contributed by atoms with E-state index in [1.165, 1.54) is 22.7 Å². The predicted octanol–water partition coefficient (Wildman–Crippen LogP) is 3.90. The fourth-order valence-electron chi connectivity index (χ4n) is 2.31. The molecule has 26 heavy (non-hydrogen) atoms. The minimum Gasteiger partial charge on any atom is -0.300 e. The summed E-state index contributed by atoms with van der Waals surface area (Å²) in [6.45, 7) is 0. The number of benzene rings is 1. The van der Waals surface area contributed by atoms with Crippen LogP contribution in [0.2, 0.25) is 0 Å². The van der Waals surface area contributed by atoms with Gasteiger partial charge in [0.2, 0.25) is 11.0 Å². The fraction of sp³-hybridized carbons (Fsp3) is 0.0556. The van der Waals surface area contributed by atoms with E-state index in [-0.39, 0.29) is 12.3 Å². The molecule has 3 aromatic heterocycles. The maximum absolute atomic E-state index is 12.3. The maximum Gasteiger partial charge on any atom is 0.232 e. The van der Waals surface area contributed by atoms with Crippen molar-refractivity contribution in [3.8, 4) is 21.1 Å². The first-order valence-electron chi connectivity index (χ1n) is 7.81. The number of anilines is 1. The molecule has 8 heteroatoms. The minimum absolute atomic E-state index is 0.163. The average Bonchev–Trinajstić information content (AvgIpc) is 3.33. The van der Waals surface area contributed by atoms with E-state index in [0.717, 1.165) is 26.8 Å². The highest BCUT2D eigenvalue weighted by Gasteiger charge is 2.12. The van der Waals surface area contributed by atoms with Gasteiger partial charge in [0, 0.05) is 28.9 Å². The lowest BCUT2D eigenvalue weighted by molar-refractivity contribution is -0.115. The molecule has 0 atom stereocenters. The third-order valence-corrected chi connectivity index (χ3v) is 5.32. The first-order chi connectivity index (χ1) is 12.8. The van der Waals surface area contributed by atoms with Gasteiger partial charge in [-0.3, -0.25) is 9.78 Å². The Bertz CT molecular complexity index is 933. The van der Waals surface area contributed by atoms with Crippen LogP contribution in [0.3, 0.4) is 0 Å². The van der Waals surface area contributed by atoms with Gasteiger partial charge in [0.1, 0.15) is 10.0 Å². The zero-order valence-electron chi connectivity index (χ0n) is 13.5. The van der Waals surface area contributed by atoms with E-state index in [0.29, 0.717) is 5.13 Å². The minimum atomic E-state index is -0.163. The van der Waals surface area contributed by atoms with Gasteiger partial charge in [0.05, 0.1) is 12.1 Å². The largest absolute Gasteiger partial charge is 0.300 e. The molecule has 0 aliphatic rings. The lowest BCUT2D eigenvalue weighted by Crippen LogP contribution is -2.14. The van der Waals surface area contributed by atoms with Crippen LogP contribution in [0.1, 0.15) is 5.69 Å².